The van der Waals surface area contributed by atoms with Gasteiger partial charge in [0.05, 0.1) is 5.92 Å². The highest BCUT2D eigenvalue weighted by Crippen LogP contribution is 2.15. The summed E-state index contributed by atoms with van der Waals surface area (Å²) in [5, 5.41) is 12.8. The van der Waals surface area contributed by atoms with Crippen LogP contribution in [0.5, 0.6) is 0 Å². The fraction of sp³-hybridized carbons (Fsp3) is 0.375. The van der Waals surface area contributed by atoms with Gasteiger partial charge in [-0.25, -0.2) is 0 Å². The van der Waals surface area contributed by atoms with E-state index in [9.17, 15) is 9.59 Å². The number of fused-ring (bicyclic) bond motifs is 1. The van der Waals surface area contributed by atoms with Gasteiger partial charge in [-0.15, -0.1) is 0 Å². The number of aliphatic carboxylic acids is 1. The van der Waals surface area contributed by atoms with Gasteiger partial charge in [0, 0.05) is 29.2 Å². The quantitative estimate of drug-likeness (QED) is 0.764. The first-order valence-corrected chi connectivity index (χ1v) is 7.05. The van der Waals surface area contributed by atoms with Crippen LogP contribution in [-0.2, 0) is 4.79 Å². The number of nitrogens with one attached hydrogen (secondary N) is 2. The number of carboxylic acid groups (broad SMARTS) is 1. The average molecular weight is 288 g/mol. The van der Waals surface area contributed by atoms with Gasteiger partial charge in [0.25, 0.3) is 5.91 Å². The summed E-state index contributed by atoms with van der Waals surface area (Å²) >= 11 is 0. The highest BCUT2D eigenvalue weighted by Gasteiger charge is 2.20. The topological polar surface area (TPSA) is 82.2 Å². The summed E-state index contributed by atoms with van der Waals surface area (Å²) in [6, 6.07) is 7.25. The lowest BCUT2D eigenvalue weighted by molar-refractivity contribution is -0.142. The first kappa shape index (κ1) is 15.1. The molecule has 1 heterocycles. The van der Waals surface area contributed by atoms with Crippen molar-refractivity contribution in [1.29, 1.82) is 0 Å². The molecule has 0 spiro atoms. The fourth-order valence-electron chi connectivity index (χ4n) is 2.35. The smallest absolute Gasteiger partial charge is 0.308 e. The van der Waals surface area contributed by atoms with E-state index in [2.05, 4.69) is 10.3 Å². The lowest BCUT2D eigenvalue weighted by Crippen LogP contribution is -2.33. The molecule has 112 valence electrons. The zero-order chi connectivity index (χ0) is 15.4. The van der Waals surface area contributed by atoms with Crippen LogP contribution in [0.15, 0.2) is 30.5 Å². The predicted molar refractivity (Wildman–Crippen MR) is 81.2 cm³/mol. The number of amides is 1. The molecule has 1 aromatic carbocycles. The molecule has 0 fully saturated rings. The molecule has 0 saturated heterocycles. The van der Waals surface area contributed by atoms with Crippen molar-refractivity contribution in [2.24, 2.45) is 11.8 Å². The molecular weight excluding hydrogens is 268 g/mol. The molecule has 5 nitrogen and oxygen atoms in total. The van der Waals surface area contributed by atoms with Crippen LogP contribution in [0.3, 0.4) is 0 Å². The number of carboxylic acids is 1. The molecule has 0 saturated carbocycles. The molecule has 21 heavy (non-hydrogen) atoms. The number of benzene rings is 1. The highest BCUT2D eigenvalue weighted by molar-refractivity contribution is 5.98. The van der Waals surface area contributed by atoms with E-state index in [0.717, 1.165) is 10.9 Å². The molecule has 1 unspecified atom stereocenters. The SMILES string of the molecule is CC(C)CC(CNC(=O)c1ccc2[nH]ccc2c1)C(=O)O. The Morgan fingerprint density at radius 2 is 2.05 bits per heavy atom. The summed E-state index contributed by atoms with van der Waals surface area (Å²) < 4.78 is 0. The third kappa shape index (κ3) is 3.84. The third-order valence-corrected chi connectivity index (χ3v) is 3.43. The minimum Gasteiger partial charge on any atom is -0.481 e. The molecule has 0 aliphatic rings. The first-order valence-electron chi connectivity index (χ1n) is 7.05. The molecule has 1 atom stereocenters. The standard InChI is InChI=1S/C16H20N2O3/c1-10(2)7-13(16(20)21)9-18-15(19)12-3-4-14-11(8-12)5-6-17-14/h3-6,8,10,13,17H,7,9H2,1-2H3,(H,18,19)(H,20,21). The molecule has 0 bridgehead atoms. The largest absolute Gasteiger partial charge is 0.481 e. The Kier molecular flexibility index (Phi) is 4.62. The zero-order valence-corrected chi connectivity index (χ0v) is 12.2. The Morgan fingerprint density at radius 1 is 1.29 bits per heavy atom. The summed E-state index contributed by atoms with van der Waals surface area (Å²) in [4.78, 5) is 26.3. The van der Waals surface area contributed by atoms with E-state index in [1.165, 1.54) is 0 Å². The summed E-state index contributed by atoms with van der Waals surface area (Å²) in [5.41, 5.74) is 1.51. The molecule has 0 aliphatic carbocycles. The van der Waals surface area contributed by atoms with E-state index in [-0.39, 0.29) is 18.4 Å². The van der Waals surface area contributed by atoms with E-state index in [1.54, 1.807) is 12.1 Å². The molecule has 2 aromatic rings. The van der Waals surface area contributed by atoms with Gasteiger partial charge >= 0.3 is 5.97 Å². The van der Waals surface area contributed by atoms with Crippen molar-refractivity contribution in [2.45, 2.75) is 20.3 Å². The second-order valence-electron chi connectivity index (χ2n) is 5.65. The highest BCUT2D eigenvalue weighted by atomic mass is 16.4. The number of rotatable bonds is 6. The van der Waals surface area contributed by atoms with E-state index >= 15 is 0 Å². The van der Waals surface area contributed by atoms with Crippen LogP contribution in [0.2, 0.25) is 0 Å². The second-order valence-corrected chi connectivity index (χ2v) is 5.65. The van der Waals surface area contributed by atoms with Gasteiger partial charge in [-0.2, -0.15) is 0 Å². The number of hydrogen-bond donors (Lipinski definition) is 3. The maximum atomic E-state index is 12.1. The average Bonchev–Trinajstić information content (AvgIpc) is 2.89. The monoisotopic (exact) mass is 288 g/mol. The molecule has 1 aromatic heterocycles. The van der Waals surface area contributed by atoms with Crippen molar-refractivity contribution in [2.75, 3.05) is 6.54 Å². The normalized spacial score (nSPS) is 12.5. The molecule has 3 N–H and O–H groups in total. The lowest BCUT2D eigenvalue weighted by Gasteiger charge is -2.15. The molecule has 0 aliphatic heterocycles. The van der Waals surface area contributed by atoms with Crippen LogP contribution in [0.25, 0.3) is 10.9 Å². The zero-order valence-electron chi connectivity index (χ0n) is 12.2. The maximum absolute atomic E-state index is 12.1. The number of carbonyl (C=O) groups is 2. The number of aromatic nitrogens is 1. The van der Waals surface area contributed by atoms with E-state index in [4.69, 9.17) is 5.11 Å². The van der Waals surface area contributed by atoms with Crippen LogP contribution in [0, 0.1) is 11.8 Å². The molecule has 5 heteroatoms. The molecular formula is C16H20N2O3. The van der Waals surface area contributed by atoms with Crippen molar-refractivity contribution in [3.63, 3.8) is 0 Å². The van der Waals surface area contributed by atoms with E-state index in [1.807, 2.05) is 32.2 Å². The number of carbonyl (C=O) groups excluding carboxylic acids is 1. The predicted octanol–water partition coefficient (Wildman–Crippen LogP) is 2.64. The van der Waals surface area contributed by atoms with Gasteiger partial charge in [0.15, 0.2) is 0 Å². The Hall–Kier alpha value is -2.30. The van der Waals surface area contributed by atoms with Crippen LogP contribution in [0.1, 0.15) is 30.6 Å². The number of aromatic amines is 1. The van der Waals surface area contributed by atoms with Gasteiger partial charge < -0.3 is 15.4 Å². The van der Waals surface area contributed by atoms with Crippen LogP contribution < -0.4 is 5.32 Å². The van der Waals surface area contributed by atoms with Gasteiger partial charge in [-0.3, -0.25) is 9.59 Å². The number of H-pyrrole nitrogens is 1. The second kappa shape index (κ2) is 6.43. The summed E-state index contributed by atoms with van der Waals surface area (Å²) in [5.74, 6) is -1.39. The lowest BCUT2D eigenvalue weighted by atomic mass is 9.97. The minimum atomic E-state index is -0.870. The van der Waals surface area contributed by atoms with Gasteiger partial charge in [0.1, 0.15) is 0 Å². The van der Waals surface area contributed by atoms with Crippen LogP contribution >= 0.6 is 0 Å². The van der Waals surface area contributed by atoms with Crippen molar-refractivity contribution >= 4 is 22.8 Å². The van der Waals surface area contributed by atoms with Crippen molar-refractivity contribution in [3.8, 4) is 0 Å². The molecule has 1 amide bonds. The number of hydrogen-bond acceptors (Lipinski definition) is 2. The van der Waals surface area contributed by atoms with Gasteiger partial charge in [0.2, 0.25) is 0 Å². The van der Waals surface area contributed by atoms with Crippen molar-refractivity contribution < 1.29 is 14.7 Å². The van der Waals surface area contributed by atoms with Crippen LogP contribution in [0.4, 0.5) is 0 Å². The summed E-state index contributed by atoms with van der Waals surface area (Å²) in [6.45, 7) is 4.09. The Labute approximate surface area is 123 Å². The van der Waals surface area contributed by atoms with Crippen LogP contribution in [-0.4, -0.2) is 28.5 Å². The summed E-state index contributed by atoms with van der Waals surface area (Å²) in [6.07, 6.45) is 2.36. The van der Waals surface area contributed by atoms with Crippen molar-refractivity contribution in [1.82, 2.24) is 10.3 Å². The van der Waals surface area contributed by atoms with Gasteiger partial charge in [-0.05, 0) is 36.6 Å². The van der Waals surface area contributed by atoms with E-state index < -0.39 is 11.9 Å². The van der Waals surface area contributed by atoms with Gasteiger partial charge in [-0.1, -0.05) is 13.8 Å². The fourth-order valence-corrected chi connectivity index (χ4v) is 2.35. The Bertz CT molecular complexity index is 646. The minimum absolute atomic E-state index is 0.150. The maximum Gasteiger partial charge on any atom is 0.308 e. The molecule has 0 radical (unpaired) electrons. The third-order valence-electron chi connectivity index (χ3n) is 3.43. The Balaban J connectivity index is 2.01. The van der Waals surface area contributed by atoms with Crippen molar-refractivity contribution in [3.05, 3.63) is 36.0 Å². The first-order chi connectivity index (χ1) is 9.97. The summed E-state index contributed by atoms with van der Waals surface area (Å²) in [7, 11) is 0. The molecule has 2 rings (SSSR count). The Morgan fingerprint density at radius 3 is 2.71 bits per heavy atom. The van der Waals surface area contributed by atoms with E-state index in [0.29, 0.717) is 12.0 Å².